The lowest BCUT2D eigenvalue weighted by Crippen LogP contribution is -2.43. The van der Waals surface area contributed by atoms with Crippen molar-refractivity contribution in [3.63, 3.8) is 0 Å². The summed E-state index contributed by atoms with van der Waals surface area (Å²) in [6.07, 6.45) is 1.65. The number of hydrogen-bond donors (Lipinski definition) is 0. The van der Waals surface area contributed by atoms with Gasteiger partial charge in [-0.1, -0.05) is 11.6 Å². The molecule has 20 heavy (non-hydrogen) atoms. The topological polar surface area (TPSA) is 65.8 Å². The lowest BCUT2D eigenvalue weighted by Gasteiger charge is -2.32. The van der Waals surface area contributed by atoms with E-state index < -0.39 is 0 Å². The third kappa shape index (κ3) is 2.19. The van der Waals surface area contributed by atoms with Crippen LogP contribution in [0.25, 0.3) is 0 Å². The molecule has 0 bridgehead atoms. The molecular weight excluding hydrogens is 282 g/mol. The van der Waals surface area contributed by atoms with Gasteiger partial charge in [-0.25, -0.2) is 4.98 Å². The Morgan fingerprint density at radius 2 is 2.20 bits per heavy atom. The molecule has 1 aromatic rings. The lowest BCUT2D eigenvalue weighted by molar-refractivity contribution is -0.431. The standard InChI is InChI=1S/C12H14ClN5O2/c1-15-7-10(18(19)20)12-16(8-15)4-5-17(12)9-2-3-11(13)14-6-9/h2-3,6H,4-5,7-8H2,1H3. The minimum Gasteiger partial charge on any atom is -0.338 e. The minimum absolute atomic E-state index is 0.228. The number of pyridine rings is 1. The predicted octanol–water partition coefficient (Wildman–Crippen LogP) is 1.21. The first-order valence-corrected chi connectivity index (χ1v) is 6.64. The molecule has 0 saturated carbocycles. The molecule has 2 aliphatic heterocycles. The fourth-order valence-corrected chi connectivity index (χ4v) is 2.78. The van der Waals surface area contributed by atoms with E-state index in [2.05, 4.69) is 4.98 Å². The summed E-state index contributed by atoms with van der Waals surface area (Å²) in [6.45, 7) is 2.52. The number of nitrogens with zero attached hydrogens (tertiary/aromatic N) is 5. The molecule has 1 saturated heterocycles. The second kappa shape index (κ2) is 4.92. The zero-order chi connectivity index (χ0) is 14.3. The summed E-state index contributed by atoms with van der Waals surface area (Å²) in [5, 5.41) is 11.7. The SMILES string of the molecule is CN1CC([N+](=O)[O-])=C2N(CCN2c2ccc(Cl)nc2)C1. The van der Waals surface area contributed by atoms with E-state index in [0.717, 1.165) is 12.2 Å². The third-order valence-electron chi connectivity index (χ3n) is 3.48. The Bertz CT molecular complexity index is 574. The molecule has 0 amide bonds. The lowest BCUT2D eigenvalue weighted by atomic mass is 10.3. The molecule has 0 aromatic carbocycles. The zero-order valence-corrected chi connectivity index (χ0v) is 11.7. The number of nitro groups is 1. The van der Waals surface area contributed by atoms with E-state index in [0.29, 0.717) is 30.7 Å². The fourth-order valence-electron chi connectivity index (χ4n) is 2.67. The number of hydrogen-bond acceptors (Lipinski definition) is 6. The van der Waals surface area contributed by atoms with E-state index in [1.807, 2.05) is 27.8 Å². The Balaban J connectivity index is 2.03. The summed E-state index contributed by atoms with van der Waals surface area (Å²) < 4.78 is 0. The van der Waals surface area contributed by atoms with Crippen LogP contribution in [0.5, 0.6) is 0 Å². The van der Waals surface area contributed by atoms with Crippen molar-refractivity contribution in [1.82, 2.24) is 14.8 Å². The van der Waals surface area contributed by atoms with Gasteiger partial charge in [0.05, 0.1) is 30.0 Å². The maximum Gasteiger partial charge on any atom is 0.300 e. The fraction of sp³-hybridized carbons (Fsp3) is 0.417. The first-order valence-electron chi connectivity index (χ1n) is 6.26. The Morgan fingerprint density at radius 3 is 2.85 bits per heavy atom. The van der Waals surface area contributed by atoms with Crippen LogP contribution in [0.2, 0.25) is 5.15 Å². The first kappa shape index (κ1) is 13.1. The van der Waals surface area contributed by atoms with Crippen molar-refractivity contribution in [1.29, 1.82) is 0 Å². The minimum atomic E-state index is -0.292. The van der Waals surface area contributed by atoms with Crippen LogP contribution in [-0.2, 0) is 0 Å². The average molecular weight is 296 g/mol. The monoisotopic (exact) mass is 295 g/mol. The Hall–Kier alpha value is -1.86. The molecule has 1 fully saturated rings. The van der Waals surface area contributed by atoms with Crippen molar-refractivity contribution < 1.29 is 4.92 Å². The zero-order valence-electron chi connectivity index (χ0n) is 11.0. The first-order chi connectivity index (χ1) is 9.56. The smallest absolute Gasteiger partial charge is 0.300 e. The second-order valence-corrected chi connectivity index (χ2v) is 5.32. The summed E-state index contributed by atoms with van der Waals surface area (Å²) >= 11 is 5.79. The largest absolute Gasteiger partial charge is 0.338 e. The molecule has 0 atom stereocenters. The van der Waals surface area contributed by atoms with Crippen molar-refractivity contribution in [2.24, 2.45) is 0 Å². The molecule has 0 N–H and O–H groups in total. The number of aromatic nitrogens is 1. The summed E-state index contributed by atoms with van der Waals surface area (Å²) in [5.41, 5.74) is 1.06. The Kier molecular flexibility index (Phi) is 3.23. The molecule has 3 heterocycles. The second-order valence-electron chi connectivity index (χ2n) is 4.94. The Morgan fingerprint density at radius 1 is 1.40 bits per heavy atom. The van der Waals surface area contributed by atoms with Gasteiger partial charge >= 0.3 is 0 Å². The molecule has 106 valence electrons. The van der Waals surface area contributed by atoms with E-state index in [9.17, 15) is 10.1 Å². The van der Waals surface area contributed by atoms with Crippen LogP contribution in [0.1, 0.15) is 0 Å². The van der Waals surface area contributed by atoms with Gasteiger partial charge in [0.25, 0.3) is 5.70 Å². The van der Waals surface area contributed by atoms with Crippen LogP contribution in [0.15, 0.2) is 29.8 Å². The van der Waals surface area contributed by atoms with Gasteiger partial charge in [-0.15, -0.1) is 0 Å². The van der Waals surface area contributed by atoms with E-state index in [1.165, 1.54) is 0 Å². The van der Waals surface area contributed by atoms with Gasteiger partial charge in [-0.2, -0.15) is 0 Å². The molecule has 0 unspecified atom stereocenters. The number of fused-ring (bicyclic) bond motifs is 1. The molecule has 0 spiro atoms. The molecule has 0 radical (unpaired) electrons. The van der Waals surface area contributed by atoms with E-state index in [-0.39, 0.29) is 10.6 Å². The highest BCUT2D eigenvalue weighted by molar-refractivity contribution is 6.29. The maximum atomic E-state index is 11.3. The highest BCUT2D eigenvalue weighted by Crippen LogP contribution is 2.31. The average Bonchev–Trinajstić information content (AvgIpc) is 2.82. The molecule has 8 heteroatoms. The molecule has 7 nitrogen and oxygen atoms in total. The van der Waals surface area contributed by atoms with E-state index >= 15 is 0 Å². The normalized spacial score (nSPS) is 19.5. The highest BCUT2D eigenvalue weighted by Gasteiger charge is 2.38. The van der Waals surface area contributed by atoms with Crippen molar-refractivity contribution >= 4 is 17.3 Å². The van der Waals surface area contributed by atoms with Crippen molar-refractivity contribution in [3.8, 4) is 0 Å². The summed E-state index contributed by atoms with van der Waals surface area (Å²) in [7, 11) is 1.88. The van der Waals surface area contributed by atoms with Crippen molar-refractivity contribution in [2.45, 2.75) is 0 Å². The molecule has 2 aliphatic rings. The van der Waals surface area contributed by atoms with Gasteiger partial charge in [0.1, 0.15) is 5.15 Å². The van der Waals surface area contributed by atoms with Gasteiger partial charge < -0.3 is 9.80 Å². The maximum absolute atomic E-state index is 11.3. The number of halogens is 1. The summed E-state index contributed by atoms with van der Waals surface area (Å²) in [6, 6.07) is 3.53. The third-order valence-corrected chi connectivity index (χ3v) is 3.71. The van der Waals surface area contributed by atoms with Crippen molar-refractivity contribution in [3.05, 3.63) is 45.1 Å². The van der Waals surface area contributed by atoms with Crippen LogP contribution in [0, 0.1) is 10.1 Å². The molecule has 3 rings (SSSR count). The highest BCUT2D eigenvalue weighted by atomic mass is 35.5. The van der Waals surface area contributed by atoms with Gasteiger partial charge in [0, 0.05) is 13.1 Å². The van der Waals surface area contributed by atoms with Crippen molar-refractivity contribution in [2.75, 3.05) is 38.3 Å². The van der Waals surface area contributed by atoms with Crippen LogP contribution >= 0.6 is 11.6 Å². The number of anilines is 1. The number of rotatable bonds is 2. The van der Waals surface area contributed by atoms with Crippen LogP contribution in [0.3, 0.4) is 0 Å². The summed E-state index contributed by atoms with van der Waals surface area (Å²) in [4.78, 5) is 21.0. The van der Waals surface area contributed by atoms with Crippen LogP contribution in [-0.4, -0.2) is 53.1 Å². The van der Waals surface area contributed by atoms with Gasteiger partial charge in [0.15, 0.2) is 5.82 Å². The molecular formula is C12H14ClN5O2. The van der Waals surface area contributed by atoms with Crippen LogP contribution < -0.4 is 4.90 Å². The molecule has 1 aromatic heterocycles. The van der Waals surface area contributed by atoms with Gasteiger partial charge in [-0.3, -0.25) is 15.0 Å². The quantitative estimate of drug-likeness (QED) is 0.464. The van der Waals surface area contributed by atoms with E-state index in [4.69, 9.17) is 11.6 Å². The van der Waals surface area contributed by atoms with E-state index in [1.54, 1.807) is 12.3 Å². The predicted molar refractivity (Wildman–Crippen MR) is 74.8 cm³/mol. The van der Waals surface area contributed by atoms with Crippen LogP contribution in [0.4, 0.5) is 5.69 Å². The molecule has 0 aliphatic carbocycles. The Labute approximate surface area is 121 Å². The van der Waals surface area contributed by atoms with Gasteiger partial charge in [-0.05, 0) is 19.2 Å². The van der Waals surface area contributed by atoms with Gasteiger partial charge in [0.2, 0.25) is 0 Å². The number of likely N-dealkylation sites (N-methyl/N-ethyl adjacent to an activating group) is 1. The summed E-state index contributed by atoms with van der Waals surface area (Å²) in [5.74, 6) is 0.678.